The molecule has 102 valence electrons. The predicted molar refractivity (Wildman–Crippen MR) is 71.5 cm³/mol. The van der Waals surface area contributed by atoms with E-state index < -0.39 is 0 Å². The van der Waals surface area contributed by atoms with Crippen molar-refractivity contribution >= 4 is 5.95 Å². The van der Waals surface area contributed by atoms with Gasteiger partial charge in [0.05, 0.1) is 0 Å². The van der Waals surface area contributed by atoms with Gasteiger partial charge in [0.2, 0.25) is 5.95 Å². The van der Waals surface area contributed by atoms with Crippen LogP contribution in [0.1, 0.15) is 44.2 Å². The van der Waals surface area contributed by atoms with Gasteiger partial charge in [0, 0.05) is 12.5 Å². The van der Waals surface area contributed by atoms with Crippen LogP contribution in [0.2, 0.25) is 0 Å². The van der Waals surface area contributed by atoms with Crippen LogP contribution in [0.15, 0.2) is 4.79 Å². The standard InChI is InChI=1S/C14H20N4O/c1-18-13(15)16-12(19)11(17-18)14-5-8-2-9(6-14)4-10(3-8)7-14/h8-10H,2-7H2,1H3,(H2,15,16,19). The van der Waals surface area contributed by atoms with E-state index in [0.717, 1.165) is 37.0 Å². The Morgan fingerprint density at radius 3 is 2.21 bits per heavy atom. The zero-order valence-electron chi connectivity index (χ0n) is 11.3. The first-order chi connectivity index (χ1) is 9.06. The van der Waals surface area contributed by atoms with Crippen LogP contribution in [0.3, 0.4) is 0 Å². The van der Waals surface area contributed by atoms with E-state index in [0.29, 0.717) is 5.69 Å². The molecule has 1 aromatic heterocycles. The minimum atomic E-state index is -0.197. The molecule has 0 saturated heterocycles. The number of rotatable bonds is 1. The van der Waals surface area contributed by atoms with Crippen molar-refractivity contribution in [2.75, 3.05) is 5.73 Å². The first-order valence-corrected chi connectivity index (χ1v) is 7.27. The van der Waals surface area contributed by atoms with Gasteiger partial charge in [0.1, 0.15) is 5.69 Å². The van der Waals surface area contributed by atoms with Gasteiger partial charge in [-0.25, -0.2) is 4.68 Å². The van der Waals surface area contributed by atoms with Gasteiger partial charge in [-0.2, -0.15) is 10.1 Å². The second-order valence-corrected chi connectivity index (χ2v) is 6.95. The summed E-state index contributed by atoms with van der Waals surface area (Å²) < 4.78 is 1.55. The molecular formula is C14H20N4O. The summed E-state index contributed by atoms with van der Waals surface area (Å²) in [5.41, 5.74) is 6.16. The Labute approximate surface area is 112 Å². The van der Waals surface area contributed by atoms with Crippen LogP contribution in [-0.2, 0) is 12.5 Å². The fourth-order valence-electron chi connectivity index (χ4n) is 5.21. The SMILES string of the molecule is Cn1nc(C23CC4CC(CC(C4)C2)C3)c(=O)nc1N. The highest BCUT2D eigenvalue weighted by molar-refractivity contribution is 5.23. The summed E-state index contributed by atoms with van der Waals surface area (Å²) in [6, 6.07) is 0. The smallest absolute Gasteiger partial charge is 0.297 e. The number of hydrogen-bond acceptors (Lipinski definition) is 4. The summed E-state index contributed by atoms with van der Waals surface area (Å²) in [6.45, 7) is 0. The molecule has 0 aromatic carbocycles. The molecular weight excluding hydrogens is 240 g/mol. The quantitative estimate of drug-likeness (QED) is 0.824. The van der Waals surface area contributed by atoms with Gasteiger partial charge >= 0.3 is 0 Å². The Balaban J connectivity index is 1.84. The molecule has 5 heteroatoms. The monoisotopic (exact) mass is 260 g/mol. The molecule has 5 rings (SSSR count). The van der Waals surface area contributed by atoms with Gasteiger partial charge in [-0.15, -0.1) is 0 Å². The number of nitrogens with zero attached hydrogens (tertiary/aromatic N) is 3. The third-order valence-corrected chi connectivity index (χ3v) is 5.54. The largest absolute Gasteiger partial charge is 0.368 e. The highest BCUT2D eigenvalue weighted by Gasteiger charge is 2.53. The van der Waals surface area contributed by atoms with Crippen molar-refractivity contribution in [2.24, 2.45) is 24.8 Å². The van der Waals surface area contributed by atoms with Crippen LogP contribution in [0, 0.1) is 17.8 Å². The Morgan fingerprint density at radius 1 is 1.16 bits per heavy atom. The predicted octanol–water partition coefficient (Wildman–Crippen LogP) is 1.23. The average molecular weight is 260 g/mol. The highest BCUT2D eigenvalue weighted by atomic mass is 16.1. The fraction of sp³-hybridized carbons (Fsp3) is 0.786. The van der Waals surface area contributed by atoms with Gasteiger partial charge in [-0.1, -0.05) is 0 Å². The maximum absolute atomic E-state index is 12.2. The Hall–Kier alpha value is -1.39. The summed E-state index contributed by atoms with van der Waals surface area (Å²) in [6.07, 6.45) is 7.48. The van der Waals surface area contributed by atoms with Crippen molar-refractivity contribution in [2.45, 2.75) is 43.9 Å². The van der Waals surface area contributed by atoms with Crippen LogP contribution in [0.25, 0.3) is 0 Å². The molecule has 2 N–H and O–H groups in total. The first-order valence-electron chi connectivity index (χ1n) is 7.27. The minimum absolute atomic E-state index is 0.00426. The van der Waals surface area contributed by atoms with E-state index >= 15 is 0 Å². The molecule has 0 atom stereocenters. The molecule has 0 radical (unpaired) electrons. The zero-order valence-corrected chi connectivity index (χ0v) is 11.3. The third kappa shape index (κ3) is 1.56. The van der Waals surface area contributed by atoms with E-state index in [-0.39, 0.29) is 16.9 Å². The molecule has 4 aliphatic carbocycles. The van der Waals surface area contributed by atoms with E-state index in [1.807, 2.05) is 0 Å². The first kappa shape index (κ1) is 11.4. The molecule has 4 aliphatic rings. The summed E-state index contributed by atoms with van der Waals surface area (Å²) in [5.74, 6) is 2.61. The highest BCUT2D eigenvalue weighted by Crippen LogP contribution is 2.59. The molecule has 0 aliphatic heterocycles. The van der Waals surface area contributed by atoms with E-state index in [9.17, 15) is 4.79 Å². The number of hydrogen-bond donors (Lipinski definition) is 1. The van der Waals surface area contributed by atoms with E-state index in [4.69, 9.17) is 5.73 Å². The molecule has 4 saturated carbocycles. The number of anilines is 1. The maximum Gasteiger partial charge on any atom is 0.297 e. The lowest BCUT2D eigenvalue weighted by atomic mass is 9.49. The average Bonchev–Trinajstić information content (AvgIpc) is 2.32. The number of aryl methyl sites for hydroxylation is 1. The Kier molecular flexibility index (Phi) is 2.16. The number of nitrogens with two attached hydrogens (primary N) is 1. The molecule has 1 heterocycles. The summed E-state index contributed by atoms with van der Waals surface area (Å²) in [5, 5.41) is 4.48. The van der Waals surface area contributed by atoms with Gasteiger partial charge in [-0.3, -0.25) is 4.79 Å². The molecule has 0 unspecified atom stereocenters. The van der Waals surface area contributed by atoms with Gasteiger partial charge in [-0.05, 0) is 56.3 Å². The van der Waals surface area contributed by atoms with Crippen molar-refractivity contribution < 1.29 is 0 Å². The number of aromatic nitrogens is 3. The molecule has 0 spiro atoms. The molecule has 5 nitrogen and oxygen atoms in total. The van der Waals surface area contributed by atoms with Crippen LogP contribution >= 0.6 is 0 Å². The van der Waals surface area contributed by atoms with E-state index in [1.165, 1.54) is 19.3 Å². The summed E-state index contributed by atoms with van der Waals surface area (Å²) in [4.78, 5) is 16.2. The van der Waals surface area contributed by atoms with E-state index in [1.54, 1.807) is 11.7 Å². The Morgan fingerprint density at radius 2 is 1.68 bits per heavy atom. The lowest BCUT2D eigenvalue weighted by Gasteiger charge is -2.56. The lowest BCUT2D eigenvalue weighted by molar-refractivity contribution is -0.00868. The maximum atomic E-state index is 12.2. The number of nitrogen functional groups attached to an aromatic ring is 1. The minimum Gasteiger partial charge on any atom is -0.368 e. The molecule has 0 amide bonds. The second kappa shape index (κ2) is 3.58. The van der Waals surface area contributed by atoms with E-state index in [2.05, 4.69) is 10.1 Å². The van der Waals surface area contributed by atoms with Gasteiger partial charge in [0.25, 0.3) is 5.56 Å². The normalized spacial score (nSPS) is 39.7. The van der Waals surface area contributed by atoms with Crippen molar-refractivity contribution in [1.82, 2.24) is 14.8 Å². The third-order valence-electron chi connectivity index (χ3n) is 5.54. The van der Waals surface area contributed by atoms with Crippen LogP contribution < -0.4 is 11.3 Å². The lowest BCUT2D eigenvalue weighted by Crippen LogP contribution is -2.51. The van der Waals surface area contributed by atoms with Gasteiger partial charge < -0.3 is 5.73 Å². The summed E-state index contributed by atoms with van der Waals surface area (Å²) >= 11 is 0. The van der Waals surface area contributed by atoms with Crippen molar-refractivity contribution in [1.29, 1.82) is 0 Å². The van der Waals surface area contributed by atoms with Gasteiger partial charge in [0.15, 0.2) is 0 Å². The van der Waals surface area contributed by atoms with Crippen molar-refractivity contribution in [3.63, 3.8) is 0 Å². The summed E-state index contributed by atoms with van der Waals surface area (Å²) in [7, 11) is 1.77. The fourth-order valence-corrected chi connectivity index (χ4v) is 5.21. The molecule has 4 fully saturated rings. The molecule has 4 bridgehead atoms. The van der Waals surface area contributed by atoms with Crippen molar-refractivity contribution in [3.05, 3.63) is 16.0 Å². The molecule has 19 heavy (non-hydrogen) atoms. The van der Waals surface area contributed by atoms with Crippen molar-refractivity contribution in [3.8, 4) is 0 Å². The zero-order chi connectivity index (χ0) is 13.2. The van der Waals surface area contributed by atoms with Crippen LogP contribution in [0.4, 0.5) is 5.95 Å². The Bertz CT molecular complexity index is 556. The second-order valence-electron chi connectivity index (χ2n) is 6.95. The van der Waals surface area contributed by atoms with Crippen LogP contribution in [-0.4, -0.2) is 14.8 Å². The molecule has 1 aromatic rings. The van der Waals surface area contributed by atoms with Crippen LogP contribution in [0.5, 0.6) is 0 Å². The topological polar surface area (TPSA) is 73.8 Å².